The lowest BCUT2D eigenvalue weighted by atomic mass is 9.86. The summed E-state index contributed by atoms with van der Waals surface area (Å²) in [6.45, 7) is 1.92. The molecular formula is C23H26ClNO3S. The molecule has 1 amide bonds. The molecule has 0 radical (unpaired) electrons. The van der Waals surface area contributed by atoms with Crippen LogP contribution in [0.4, 0.5) is 0 Å². The van der Waals surface area contributed by atoms with E-state index in [1.807, 2.05) is 36.4 Å². The molecule has 0 aliphatic heterocycles. The molecule has 154 valence electrons. The second kappa shape index (κ2) is 10.7. The fourth-order valence-electron chi connectivity index (χ4n) is 3.43. The first-order valence-electron chi connectivity index (χ1n) is 9.95. The number of ether oxygens (including phenoxy) is 1. The Bertz CT molecular complexity index is 823. The first-order chi connectivity index (χ1) is 14.0. The summed E-state index contributed by atoms with van der Waals surface area (Å²) in [5.74, 6) is 0.558. The Morgan fingerprint density at radius 1 is 1.07 bits per heavy atom. The van der Waals surface area contributed by atoms with Crippen LogP contribution in [0, 0.1) is 5.92 Å². The van der Waals surface area contributed by atoms with Crippen molar-refractivity contribution in [1.82, 2.24) is 5.32 Å². The monoisotopic (exact) mass is 431 g/mol. The summed E-state index contributed by atoms with van der Waals surface area (Å²) >= 11 is 7.60. The van der Waals surface area contributed by atoms with Crippen molar-refractivity contribution in [3.63, 3.8) is 0 Å². The minimum absolute atomic E-state index is 0.187. The highest BCUT2D eigenvalue weighted by Gasteiger charge is 2.23. The fraction of sp³-hybridized carbons (Fsp3) is 0.391. The van der Waals surface area contributed by atoms with Gasteiger partial charge in [-0.05, 0) is 60.7 Å². The van der Waals surface area contributed by atoms with Gasteiger partial charge in [0.1, 0.15) is 0 Å². The molecule has 1 saturated carbocycles. The van der Waals surface area contributed by atoms with Crippen molar-refractivity contribution in [2.24, 2.45) is 5.92 Å². The molecule has 6 heteroatoms. The first kappa shape index (κ1) is 21.7. The van der Waals surface area contributed by atoms with Gasteiger partial charge < -0.3 is 10.1 Å². The summed E-state index contributed by atoms with van der Waals surface area (Å²) < 4.78 is 5.18. The van der Waals surface area contributed by atoms with Gasteiger partial charge in [-0.25, -0.2) is 4.79 Å². The van der Waals surface area contributed by atoms with Crippen molar-refractivity contribution < 1.29 is 14.3 Å². The average Bonchev–Trinajstić information content (AvgIpc) is 2.74. The summed E-state index contributed by atoms with van der Waals surface area (Å²) in [4.78, 5) is 25.4. The molecular weight excluding hydrogens is 406 g/mol. The van der Waals surface area contributed by atoms with Crippen molar-refractivity contribution in [2.75, 3.05) is 6.61 Å². The van der Waals surface area contributed by atoms with Crippen LogP contribution in [0.2, 0.25) is 5.02 Å². The van der Waals surface area contributed by atoms with E-state index in [0.29, 0.717) is 11.5 Å². The third-order valence-electron chi connectivity index (χ3n) is 5.20. The number of halogens is 1. The van der Waals surface area contributed by atoms with Gasteiger partial charge in [0, 0.05) is 21.7 Å². The highest BCUT2D eigenvalue weighted by molar-refractivity contribution is 7.98. The normalized spacial score (nSPS) is 18.8. The maximum atomic E-state index is 12.2. The van der Waals surface area contributed by atoms with Gasteiger partial charge >= 0.3 is 5.97 Å². The van der Waals surface area contributed by atoms with Crippen LogP contribution in [0.25, 0.3) is 0 Å². The number of benzene rings is 2. The van der Waals surface area contributed by atoms with Crippen LogP contribution >= 0.6 is 23.4 Å². The zero-order chi connectivity index (χ0) is 20.6. The van der Waals surface area contributed by atoms with Gasteiger partial charge in [-0.2, -0.15) is 0 Å². The van der Waals surface area contributed by atoms with Gasteiger partial charge in [0.15, 0.2) is 6.61 Å². The van der Waals surface area contributed by atoms with Crippen LogP contribution in [-0.4, -0.2) is 24.5 Å². The van der Waals surface area contributed by atoms with Crippen LogP contribution in [0.5, 0.6) is 0 Å². The molecule has 0 heterocycles. The molecule has 1 aliphatic carbocycles. The number of hydrogen-bond donors (Lipinski definition) is 1. The Balaban J connectivity index is 1.43. The van der Waals surface area contributed by atoms with E-state index < -0.39 is 5.97 Å². The van der Waals surface area contributed by atoms with Crippen molar-refractivity contribution >= 4 is 35.2 Å². The maximum absolute atomic E-state index is 12.2. The number of esters is 1. The Labute approximate surface area is 181 Å². The number of carbonyl (C=O) groups is 2. The smallest absolute Gasteiger partial charge is 0.338 e. The molecule has 1 fully saturated rings. The number of thioether (sulfide) groups is 1. The molecule has 0 aromatic heterocycles. The molecule has 2 aromatic rings. The van der Waals surface area contributed by atoms with Crippen molar-refractivity contribution in [3.8, 4) is 0 Å². The average molecular weight is 432 g/mol. The Hall–Kier alpha value is -1.98. The summed E-state index contributed by atoms with van der Waals surface area (Å²) in [7, 11) is 0. The molecule has 1 N–H and O–H groups in total. The molecule has 1 aliphatic rings. The number of carbonyl (C=O) groups excluding carboxylic acids is 2. The lowest BCUT2D eigenvalue weighted by Crippen LogP contribution is -2.42. The number of nitrogens with one attached hydrogen (secondary N) is 1. The molecule has 0 spiro atoms. The highest BCUT2D eigenvalue weighted by Crippen LogP contribution is 2.25. The first-order valence-corrected chi connectivity index (χ1v) is 11.3. The molecule has 4 nitrogen and oxygen atoms in total. The molecule has 0 bridgehead atoms. The minimum Gasteiger partial charge on any atom is -0.452 e. The third-order valence-corrected chi connectivity index (χ3v) is 6.54. The van der Waals surface area contributed by atoms with Gasteiger partial charge in [-0.3, -0.25) is 4.79 Å². The van der Waals surface area contributed by atoms with Gasteiger partial charge in [0.2, 0.25) is 0 Å². The summed E-state index contributed by atoms with van der Waals surface area (Å²) in [5, 5.41) is 3.71. The van der Waals surface area contributed by atoms with Gasteiger partial charge in [-0.15, -0.1) is 11.8 Å². The van der Waals surface area contributed by atoms with Crippen LogP contribution in [0.3, 0.4) is 0 Å². The van der Waals surface area contributed by atoms with Crippen LogP contribution in [0.15, 0.2) is 53.4 Å². The van der Waals surface area contributed by atoms with E-state index in [2.05, 4.69) is 12.2 Å². The summed E-state index contributed by atoms with van der Waals surface area (Å²) in [6.07, 6.45) is 4.48. The van der Waals surface area contributed by atoms with Crippen molar-refractivity contribution in [2.45, 2.75) is 49.3 Å². The van der Waals surface area contributed by atoms with E-state index in [1.165, 1.54) is 6.42 Å². The molecule has 3 rings (SSSR count). The molecule has 2 aromatic carbocycles. The van der Waals surface area contributed by atoms with Crippen molar-refractivity contribution in [1.29, 1.82) is 0 Å². The summed E-state index contributed by atoms with van der Waals surface area (Å²) in [6, 6.07) is 15.2. The Morgan fingerprint density at radius 3 is 2.45 bits per heavy atom. The lowest BCUT2D eigenvalue weighted by molar-refractivity contribution is -0.125. The van der Waals surface area contributed by atoms with E-state index >= 15 is 0 Å². The second-order valence-electron chi connectivity index (χ2n) is 7.45. The topological polar surface area (TPSA) is 55.4 Å². The summed E-state index contributed by atoms with van der Waals surface area (Å²) in [5.41, 5.74) is 1.55. The Kier molecular flexibility index (Phi) is 8.01. The SMILES string of the molecule is C[C@H]1CCCC[C@@H]1NC(=O)COC(=O)c1ccc(CSc2ccc(Cl)cc2)cc1. The Morgan fingerprint density at radius 2 is 1.76 bits per heavy atom. The van der Waals surface area contributed by atoms with Gasteiger partial charge in [0.25, 0.3) is 5.91 Å². The zero-order valence-electron chi connectivity index (χ0n) is 16.5. The quantitative estimate of drug-likeness (QED) is 0.465. The van der Waals surface area contributed by atoms with Gasteiger partial charge in [0.05, 0.1) is 5.56 Å². The predicted octanol–water partition coefficient (Wildman–Crippen LogP) is 5.48. The van der Waals surface area contributed by atoms with E-state index in [-0.39, 0.29) is 18.6 Å². The standard InChI is InChI=1S/C23H26ClNO3S/c1-16-4-2-3-5-21(16)25-22(26)14-28-23(27)18-8-6-17(7-9-18)15-29-20-12-10-19(24)11-13-20/h6-13,16,21H,2-5,14-15H2,1H3,(H,25,26)/t16-,21-/m0/s1. The lowest BCUT2D eigenvalue weighted by Gasteiger charge is -2.29. The maximum Gasteiger partial charge on any atom is 0.338 e. The van der Waals surface area contributed by atoms with Crippen molar-refractivity contribution in [3.05, 3.63) is 64.7 Å². The second-order valence-corrected chi connectivity index (χ2v) is 8.94. The third kappa shape index (κ3) is 6.79. The molecule has 2 atom stereocenters. The van der Waals surface area contributed by atoms with Crippen LogP contribution < -0.4 is 5.32 Å². The predicted molar refractivity (Wildman–Crippen MR) is 117 cm³/mol. The zero-order valence-corrected chi connectivity index (χ0v) is 18.1. The van der Waals surface area contributed by atoms with E-state index in [9.17, 15) is 9.59 Å². The number of hydrogen-bond acceptors (Lipinski definition) is 4. The largest absolute Gasteiger partial charge is 0.452 e. The molecule has 29 heavy (non-hydrogen) atoms. The molecule has 0 saturated heterocycles. The van der Waals surface area contributed by atoms with Gasteiger partial charge in [-0.1, -0.05) is 43.5 Å². The van der Waals surface area contributed by atoms with E-state index in [0.717, 1.165) is 40.5 Å². The van der Waals surface area contributed by atoms with E-state index in [4.69, 9.17) is 16.3 Å². The number of rotatable bonds is 7. The minimum atomic E-state index is -0.478. The fourth-order valence-corrected chi connectivity index (χ4v) is 4.41. The molecule has 0 unspecified atom stereocenters. The van der Waals surface area contributed by atoms with Crippen LogP contribution in [0.1, 0.15) is 48.5 Å². The van der Waals surface area contributed by atoms with Crippen LogP contribution in [-0.2, 0) is 15.3 Å². The number of amides is 1. The van der Waals surface area contributed by atoms with E-state index in [1.54, 1.807) is 23.9 Å². The highest BCUT2D eigenvalue weighted by atomic mass is 35.5.